The van der Waals surface area contributed by atoms with Gasteiger partial charge in [0.15, 0.2) is 0 Å². The zero-order valence-corrected chi connectivity index (χ0v) is 18.6. The van der Waals surface area contributed by atoms with E-state index in [1.54, 1.807) is 3.88 Å². The van der Waals surface area contributed by atoms with E-state index < -0.39 is 24.0 Å². The van der Waals surface area contributed by atoms with Crippen molar-refractivity contribution in [1.82, 2.24) is 3.80 Å². The minimum absolute atomic E-state index is 0.292. The van der Waals surface area contributed by atoms with Crippen LogP contribution in [-0.2, 0) is 22.2 Å². The van der Waals surface area contributed by atoms with Crippen molar-refractivity contribution in [3.63, 3.8) is 0 Å². The Kier molecular flexibility index (Phi) is 6.94. The number of carbonyl (C=O) groups excluding carboxylic acids is 1. The van der Waals surface area contributed by atoms with E-state index in [2.05, 4.69) is 44.6 Å². The molecule has 0 spiro atoms. The Bertz CT molecular complexity index is 515. The molecule has 1 unspecified atom stereocenters. The van der Waals surface area contributed by atoms with Gasteiger partial charge in [-0.25, -0.2) is 0 Å². The first-order chi connectivity index (χ1) is 10.8. The summed E-state index contributed by atoms with van der Waals surface area (Å²) in [7, 11) is 0. The van der Waals surface area contributed by atoms with Crippen molar-refractivity contribution >= 4 is 12.6 Å². The molecular weight excluding hydrogens is 334 g/mol. The monoisotopic (exact) mass is 368 g/mol. The number of rotatable bonds is 4. The van der Waals surface area contributed by atoms with Crippen LogP contribution < -0.4 is 3.80 Å². The molecule has 0 aromatic heterocycles. The molecule has 2 aliphatic carbocycles. The fraction of sp³-hybridized carbons (Fsp3) is 0.737. The number of carbonyl (C=O) groups is 1. The Labute approximate surface area is 150 Å². The summed E-state index contributed by atoms with van der Waals surface area (Å²) in [5, 5.41) is 0. The molecule has 0 radical (unpaired) electrons. The summed E-state index contributed by atoms with van der Waals surface area (Å²) < 4.78 is 5.33. The van der Waals surface area contributed by atoms with Gasteiger partial charge < -0.3 is 0 Å². The minimum atomic E-state index is -1.64. The second-order valence-corrected chi connectivity index (χ2v) is 20.4. The van der Waals surface area contributed by atoms with E-state index in [1.807, 2.05) is 0 Å². The molecule has 1 fully saturated rings. The van der Waals surface area contributed by atoms with E-state index in [-0.39, 0.29) is 0 Å². The van der Waals surface area contributed by atoms with Crippen LogP contribution in [0.25, 0.3) is 0 Å². The average Bonchev–Trinajstić information content (AvgIpc) is 2.76. The molecule has 0 heterocycles. The molecule has 0 aromatic carbocycles. The van der Waals surface area contributed by atoms with E-state index in [0.717, 1.165) is 12.8 Å². The van der Waals surface area contributed by atoms with Gasteiger partial charge in [-0.05, 0) is 0 Å². The molecule has 2 aliphatic rings. The SMILES string of the molecule is CC1=C(C)C(C)[C]([Ti]([NH]C(=O)C2CCCCCC2)[SiH](C)C)=C1C. The predicted molar refractivity (Wildman–Crippen MR) is 98.4 cm³/mol. The molecule has 4 heteroatoms. The van der Waals surface area contributed by atoms with Crippen LogP contribution in [0.15, 0.2) is 20.6 Å². The normalized spacial score (nSPS) is 23.5. The first-order valence-corrected chi connectivity index (χ1v) is 16.6. The van der Waals surface area contributed by atoms with Crippen LogP contribution in [0.3, 0.4) is 0 Å². The third kappa shape index (κ3) is 4.29. The summed E-state index contributed by atoms with van der Waals surface area (Å²) in [6, 6.07) is 0. The predicted octanol–water partition coefficient (Wildman–Crippen LogP) is 4.85. The zero-order chi connectivity index (χ0) is 17.1. The van der Waals surface area contributed by atoms with Crippen molar-refractivity contribution in [2.75, 3.05) is 0 Å². The molecule has 2 nitrogen and oxygen atoms in total. The van der Waals surface area contributed by atoms with E-state index in [1.165, 1.54) is 42.4 Å². The third-order valence-electron chi connectivity index (χ3n) is 5.99. The molecule has 0 bridgehead atoms. The Balaban J connectivity index is 2.15. The second kappa shape index (κ2) is 8.31. The van der Waals surface area contributed by atoms with Gasteiger partial charge in [-0.1, -0.05) is 0 Å². The summed E-state index contributed by atoms with van der Waals surface area (Å²) >= 11 is -1.64. The maximum absolute atomic E-state index is 12.9. The van der Waals surface area contributed by atoms with Crippen molar-refractivity contribution < 1.29 is 22.2 Å². The van der Waals surface area contributed by atoms with E-state index in [4.69, 9.17) is 0 Å². The molecule has 1 saturated carbocycles. The average molecular weight is 368 g/mol. The van der Waals surface area contributed by atoms with Crippen molar-refractivity contribution in [2.45, 2.75) is 79.3 Å². The fourth-order valence-corrected chi connectivity index (χ4v) is 14.7. The molecule has 0 aromatic rings. The van der Waals surface area contributed by atoms with Crippen molar-refractivity contribution in [3.8, 4) is 0 Å². The van der Waals surface area contributed by atoms with Crippen LogP contribution in [-0.4, -0.2) is 12.6 Å². The van der Waals surface area contributed by atoms with Crippen LogP contribution in [0, 0.1) is 11.8 Å². The van der Waals surface area contributed by atoms with Crippen molar-refractivity contribution in [2.24, 2.45) is 11.8 Å². The summed E-state index contributed by atoms with van der Waals surface area (Å²) in [6.45, 7) is 13.2. The number of allylic oxidation sites excluding steroid dienone is 4. The van der Waals surface area contributed by atoms with Gasteiger partial charge in [0, 0.05) is 0 Å². The Morgan fingerprint density at radius 1 is 1.04 bits per heavy atom. The number of hydrogen-bond donors (Lipinski definition) is 1. The van der Waals surface area contributed by atoms with E-state index in [9.17, 15) is 4.79 Å². The fourth-order valence-electron chi connectivity index (χ4n) is 4.10. The van der Waals surface area contributed by atoms with Crippen molar-refractivity contribution in [3.05, 3.63) is 20.6 Å². The van der Waals surface area contributed by atoms with Gasteiger partial charge in [-0.15, -0.1) is 0 Å². The van der Waals surface area contributed by atoms with Gasteiger partial charge in [0.2, 0.25) is 0 Å². The Morgan fingerprint density at radius 2 is 1.61 bits per heavy atom. The maximum atomic E-state index is 12.9. The van der Waals surface area contributed by atoms with Crippen LogP contribution in [0.1, 0.15) is 66.2 Å². The van der Waals surface area contributed by atoms with Crippen LogP contribution in [0.5, 0.6) is 0 Å². The van der Waals surface area contributed by atoms with Crippen LogP contribution in [0.2, 0.25) is 13.1 Å². The molecule has 1 amide bonds. The van der Waals surface area contributed by atoms with E-state index in [0.29, 0.717) is 17.7 Å². The van der Waals surface area contributed by atoms with Gasteiger partial charge >= 0.3 is 150 Å². The first-order valence-electron chi connectivity index (χ1n) is 9.41. The van der Waals surface area contributed by atoms with Gasteiger partial charge in [0.25, 0.3) is 0 Å². The molecular formula is C19H34NOSiTi. The molecule has 0 saturated heterocycles. The Morgan fingerprint density at radius 3 is 2.04 bits per heavy atom. The third-order valence-corrected chi connectivity index (χ3v) is 17.4. The molecule has 1 N–H and O–H groups in total. The quantitative estimate of drug-likeness (QED) is 0.558. The van der Waals surface area contributed by atoms with Crippen LogP contribution in [0.4, 0.5) is 0 Å². The molecule has 2 rings (SSSR count). The summed E-state index contributed by atoms with van der Waals surface area (Å²) in [5.41, 5.74) is 4.52. The number of amides is 1. The van der Waals surface area contributed by atoms with Gasteiger partial charge in [-0.3, -0.25) is 0 Å². The topological polar surface area (TPSA) is 29.1 Å². The first kappa shape index (κ1) is 19.2. The molecule has 0 aliphatic heterocycles. The van der Waals surface area contributed by atoms with Crippen molar-refractivity contribution in [1.29, 1.82) is 0 Å². The number of hydrogen-bond acceptors (Lipinski definition) is 1. The van der Waals surface area contributed by atoms with E-state index >= 15 is 0 Å². The van der Waals surface area contributed by atoms with Gasteiger partial charge in [0.1, 0.15) is 0 Å². The summed E-state index contributed by atoms with van der Waals surface area (Å²) in [6.07, 6.45) is 7.34. The number of nitrogens with one attached hydrogen (secondary N) is 1. The van der Waals surface area contributed by atoms with Gasteiger partial charge in [0.05, 0.1) is 0 Å². The Hall–Kier alpha value is -0.119. The standard InChI is InChI=1S/C9H13.C8H15NO.C2H7Si.Ti/c1-6-5-7(2)9(4)8(6)3;9-8(10)7-5-3-1-2-4-6-7;1-3-2;/h6H,1-4H3;7H,1-6H2,(H2,9,10);3H,1-2H3;/q;;;+1/p-1. The summed E-state index contributed by atoms with van der Waals surface area (Å²) in [5.74, 6) is 1.26. The zero-order valence-electron chi connectivity index (χ0n) is 15.9. The molecule has 23 heavy (non-hydrogen) atoms. The van der Waals surface area contributed by atoms with Crippen LogP contribution >= 0.6 is 0 Å². The molecule has 129 valence electrons. The summed E-state index contributed by atoms with van der Waals surface area (Å²) in [4.78, 5) is 12.9. The van der Waals surface area contributed by atoms with Gasteiger partial charge in [-0.2, -0.15) is 0 Å². The second-order valence-electron chi connectivity index (χ2n) is 7.81. The molecule has 1 atom stereocenters.